The summed E-state index contributed by atoms with van der Waals surface area (Å²) in [7, 11) is 0. The van der Waals surface area contributed by atoms with Crippen molar-refractivity contribution in [3.8, 4) is 21.8 Å². The molecule has 4 aromatic rings. The third-order valence-electron chi connectivity index (χ3n) is 5.00. The number of piperidine rings is 1. The van der Waals surface area contributed by atoms with E-state index in [4.69, 9.17) is 9.97 Å². The summed E-state index contributed by atoms with van der Waals surface area (Å²) in [6.07, 6.45) is 1.36. The Balaban J connectivity index is 1.71. The summed E-state index contributed by atoms with van der Waals surface area (Å²) >= 11 is 3.34. The van der Waals surface area contributed by atoms with Crippen molar-refractivity contribution in [2.24, 2.45) is 0 Å². The molecule has 136 valence electrons. The van der Waals surface area contributed by atoms with Crippen LogP contribution in [0, 0.1) is 0 Å². The van der Waals surface area contributed by atoms with Crippen LogP contribution in [0.25, 0.3) is 32.0 Å². The summed E-state index contributed by atoms with van der Waals surface area (Å²) in [5, 5.41) is 15.3. The number of hydrogen-bond acceptors (Lipinski definition) is 6. The minimum absolute atomic E-state index is 0.202. The van der Waals surface area contributed by atoms with Gasteiger partial charge in [0.2, 0.25) is 0 Å². The number of aromatic nitrogens is 2. The number of benzene rings is 1. The second-order valence-corrected chi connectivity index (χ2v) is 8.57. The van der Waals surface area contributed by atoms with Gasteiger partial charge in [-0.05, 0) is 29.9 Å². The largest absolute Gasteiger partial charge is 0.393 e. The van der Waals surface area contributed by atoms with Crippen molar-refractivity contribution in [1.82, 2.24) is 9.97 Å². The Labute approximate surface area is 165 Å². The van der Waals surface area contributed by atoms with Gasteiger partial charge in [-0.2, -0.15) is 0 Å². The summed E-state index contributed by atoms with van der Waals surface area (Å²) < 4.78 is 0. The third-order valence-corrected chi connectivity index (χ3v) is 6.74. The fourth-order valence-electron chi connectivity index (χ4n) is 3.58. The highest BCUT2D eigenvalue weighted by Gasteiger charge is 2.24. The summed E-state index contributed by atoms with van der Waals surface area (Å²) in [6.45, 7) is 1.64. The van der Waals surface area contributed by atoms with Crippen molar-refractivity contribution in [3.05, 3.63) is 53.2 Å². The Bertz CT molecular complexity index is 1050. The van der Waals surface area contributed by atoms with Crippen LogP contribution < -0.4 is 4.90 Å². The SMILES string of the molecule is OC1CCN(c2nc(-c3cccs3)nc3scc(-c4ccccc4)c23)CC1. The fourth-order valence-corrected chi connectivity index (χ4v) is 5.18. The molecule has 1 fully saturated rings. The highest BCUT2D eigenvalue weighted by atomic mass is 32.1. The van der Waals surface area contributed by atoms with Crippen LogP contribution in [0.4, 0.5) is 5.82 Å². The number of fused-ring (bicyclic) bond motifs is 1. The lowest BCUT2D eigenvalue weighted by molar-refractivity contribution is 0.145. The van der Waals surface area contributed by atoms with Crippen LogP contribution in [0.3, 0.4) is 0 Å². The van der Waals surface area contributed by atoms with E-state index in [1.54, 1.807) is 22.7 Å². The molecule has 4 heterocycles. The van der Waals surface area contributed by atoms with E-state index in [0.29, 0.717) is 0 Å². The Hall–Kier alpha value is -2.28. The predicted molar refractivity (Wildman–Crippen MR) is 114 cm³/mol. The third kappa shape index (κ3) is 3.14. The van der Waals surface area contributed by atoms with E-state index in [2.05, 4.69) is 46.0 Å². The molecule has 0 bridgehead atoms. The van der Waals surface area contributed by atoms with Crippen LogP contribution >= 0.6 is 22.7 Å². The summed E-state index contributed by atoms with van der Waals surface area (Å²) in [6, 6.07) is 14.6. The first-order chi connectivity index (χ1) is 13.3. The Morgan fingerprint density at radius 3 is 2.52 bits per heavy atom. The van der Waals surface area contributed by atoms with Gasteiger partial charge in [0.1, 0.15) is 10.6 Å². The predicted octanol–water partition coefficient (Wildman–Crippen LogP) is 5.05. The topological polar surface area (TPSA) is 49.2 Å². The van der Waals surface area contributed by atoms with Crippen LogP contribution in [0.15, 0.2) is 53.2 Å². The quantitative estimate of drug-likeness (QED) is 0.529. The standard InChI is InChI=1S/C21H19N3OS2/c25-15-8-10-24(11-9-15)20-18-16(14-5-2-1-3-6-14)13-27-21(18)23-19(22-20)17-7-4-12-26-17/h1-7,12-13,15,25H,8-11H2. The fraction of sp³-hybridized carbons (Fsp3) is 0.238. The normalized spacial score (nSPS) is 15.5. The first-order valence-corrected chi connectivity index (χ1v) is 10.9. The van der Waals surface area contributed by atoms with E-state index < -0.39 is 0 Å². The molecular formula is C21H19N3OS2. The van der Waals surface area contributed by atoms with E-state index in [0.717, 1.165) is 52.7 Å². The summed E-state index contributed by atoms with van der Waals surface area (Å²) in [5.74, 6) is 1.79. The molecule has 5 rings (SSSR count). The monoisotopic (exact) mass is 393 g/mol. The second kappa shape index (κ2) is 7.03. The molecular weight excluding hydrogens is 374 g/mol. The molecule has 1 saturated heterocycles. The van der Waals surface area contributed by atoms with Crippen LogP contribution in [0.2, 0.25) is 0 Å². The lowest BCUT2D eigenvalue weighted by Gasteiger charge is -2.31. The molecule has 1 aliphatic heterocycles. The van der Waals surface area contributed by atoms with Gasteiger partial charge in [0, 0.05) is 24.0 Å². The molecule has 0 saturated carbocycles. The van der Waals surface area contributed by atoms with Gasteiger partial charge in [0.05, 0.1) is 16.4 Å². The zero-order valence-corrected chi connectivity index (χ0v) is 16.3. The van der Waals surface area contributed by atoms with Gasteiger partial charge in [-0.3, -0.25) is 0 Å². The number of hydrogen-bond donors (Lipinski definition) is 1. The van der Waals surface area contributed by atoms with E-state index in [1.165, 1.54) is 11.1 Å². The first-order valence-electron chi connectivity index (χ1n) is 9.11. The van der Waals surface area contributed by atoms with Crippen molar-refractivity contribution in [3.63, 3.8) is 0 Å². The van der Waals surface area contributed by atoms with Crippen molar-refractivity contribution < 1.29 is 5.11 Å². The second-order valence-electron chi connectivity index (χ2n) is 6.76. The van der Waals surface area contributed by atoms with E-state index in [-0.39, 0.29) is 6.10 Å². The first kappa shape index (κ1) is 16.9. The molecule has 6 heteroatoms. The van der Waals surface area contributed by atoms with Gasteiger partial charge in [0.25, 0.3) is 0 Å². The molecule has 1 N–H and O–H groups in total. The van der Waals surface area contributed by atoms with E-state index >= 15 is 0 Å². The molecule has 27 heavy (non-hydrogen) atoms. The average molecular weight is 394 g/mol. The molecule has 0 atom stereocenters. The summed E-state index contributed by atoms with van der Waals surface area (Å²) in [5.41, 5.74) is 2.38. The molecule has 3 aromatic heterocycles. The maximum Gasteiger partial charge on any atom is 0.173 e. The lowest BCUT2D eigenvalue weighted by atomic mass is 10.0. The van der Waals surface area contributed by atoms with Gasteiger partial charge in [-0.1, -0.05) is 36.4 Å². The maximum absolute atomic E-state index is 9.93. The molecule has 1 aliphatic rings. The molecule has 0 amide bonds. The van der Waals surface area contributed by atoms with Crippen molar-refractivity contribution in [2.45, 2.75) is 18.9 Å². The van der Waals surface area contributed by atoms with Crippen LogP contribution in [0.1, 0.15) is 12.8 Å². The molecule has 0 aliphatic carbocycles. The Morgan fingerprint density at radius 1 is 0.963 bits per heavy atom. The number of nitrogens with zero attached hydrogens (tertiary/aromatic N) is 3. The van der Waals surface area contributed by atoms with Gasteiger partial charge < -0.3 is 10.0 Å². The van der Waals surface area contributed by atoms with Crippen molar-refractivity contribution >= 4 is 38.7 Å². The number of rotatable bonds is 3. The van der Waals surface area contributed by atoms with Gasteiger partial charge in [-0.15, -0.1) is 22.7 Å². The van der Waals surface area contributed by atoms with Crippen LogP contribution in [-0.2, 0) is 0 Å². The molecule has 4 nitrogen and oxygen atoms in total. The molecule has 1 aromatic carbocycles. The highest BCUT2D eigenvalue weighted by molar-refractivity contribution is 7.17. The number of aliphatic hydroxyl groups is 1. The van der Waals surface area contributed by atoms with Gasteiger partial charge in [0.15, 0.2) is 5.82 Å². The van der Waals surface area contributed by atoms with Crippen molar-refractivity contribution in [1.29, 1.82) is 0 Å². The highest BCUT2D eigenvalue weighted by Crippen LogP contribution is 2.40. The minimum atomic E-state index is -0.202. The molecule has 0 radical (unpaired) electrons. The Morgan fingerprint density at radius 2 is 1.78 bits per heavy atom. The smallest absolute Gasteiger partial charge is 0.173 e. The summed E-state index contributed by atoms with van der Waals surface area (Å²) in [4.78, 5) is 14.3. The van der Waals surface area contributed by atoms with E-state index in [9.17, 15) is 5.11 Å². The van der Waals surface area contributed by atoms with Gasteiger partial charge in [-0.25, -0.2) is 9.97 Å². The van der Waals surface area contributed by atoms with Crippen LogP contribution in [0.5, 0.6) is 0 Å². The Kier molecular flexibility index (Phi) is 4.39. The lowest BCUT2D eigenvalue weighted by Crippen LogP contribution is -2.36. The van der Waals surface area contributed by atoms with Crippen molar-refractivity contribution in [2.75, 3.05) is 18.0 Å². The zero-order valence-electron chi connectivity index (χ0n) is 14.7. The van der Waals surface area contributed by atoms with Gasteiger partial charge >= 0.3 is 0 Å². The average Bonchev–Trinajstić information content (AvgIpc) is 3.39. The van der Waals surface area contributed by atoms with E-state index in [1.807, 2.05) is 12.1 Å². The van der Waals surface area contributed by atoms with Crippen LogP contribution in [-0.4, -0.2) is 34.3 Å². The minimum Gasteiger partial charge on any atom is -0.393 e. The number of anilines is 1. The number of aliphatic hydroxyl groups excluding tert-OH is 1. The molecule has 0 spiro atoms. The zero-order chi connectivity index (χ0) is 18.2. The molecule has 0 unspecified atom stereocenters. The maximum atomic E-state index is 9.93. The number of thiophene rings is 2.